The van der Waals surface area contributed by atoms with E-state index in [9.17, 15) is 19.7 Å². The van der Waals surface area contributed by atoms with E-state index in [0.29, 0.717) is 34.8 Å². The number of carbonyl (C=O) groups is 1. The second-order valence-electron chi connectivity index (χ2n) is 7.78. The van der Waals surface area contributed by atoms with Gasteiger partial charge >= 0.3 is 5.97 Å². The normalized spacial score (nSPS) is 16.6. The van der Waals surface area contributed by atoms with E-state index in [-0.39, 0.29) is 22.6 Å². The van der Waals surface area contributed by atoms with Crippen LogP contribution in [0.3, 0.4) is 0 Å². The average Bonchev–Trinajstić information content (AvgIpc) is 3.34. The Morgan fingerprint density at radius 3 is 2.88 bits per heavy atom. The predicted molar refractivity (Wildman–Crippen MR) is 124 cm³/mol. The first-order valence-electron chi connectivity index (χ1n) is 10.5. The van der Waals surface area contributed by atoms with Crippen LogP contribution >= 0.6 is 11.8 Å². The van der Waals surface area contributed by atoms with E-state index in [1.54, 1.807) is 28.8 Å². The maximum Gasteiger partial charge on any atom is 0.337 e. The third-order valence-corrected chi connectivity index (χ3v) is 6.73. The van der Waals surface area contributed by atoms with Crippen molar-refractivity contribution in [2.45, 2.75) is 42.8 Å². The molecule has 0 N–H and O–H groups in total. The number of benzene rings is 2. The highest BCUT2D eigenvalue weighted by Gasteiger charge is 2.22. The van der Waals surface area contributed by atoms with Crippen molar-refractivity contribution in [2.75, 3.05) is 13.7 Å². The van der Waals surface area contributed by atoms with Crippen LogP contribution in [0.15, 0.2) is 52.4 Å². The van der Waals surface area contributed by atoms with E-state index in [1.807, 2.05) is 13.0 Å². The van der Waals surface area contributed by atoms with E-state index in [0.717, 1.165) is 18.4 Å². The number of ether oxygens (including phenoxy) is 2. The van der Waals surface area contributed by atoms with E-state index < -0.39 is 10.9 Å². The van der Waals surface area contributed by atoms with Crippen molar-refractivity contribution >= 4 is 34.3 Å². The quantitative estimate of drug-likeness (QED) is 0.167. The second kappa shape index (κ2) is 9.72. The van der Waals surface area contributed by atoms with Gasteiger partial charge in [0.05, 0.1) is 41.1 Å². The average molecular weight is 470 g/mol. The Bertz CT molecular complexity index is 1270. The van der Waals surface area contributed by atoms with Crippen LogP contribution in [0.2, 0.25) is 0 Å². The molecule has 1 aliphatic rings. The van der Waals surface area contributed by atoms with E-state index in [2.05, 4.69) is 0 Å². The zero-order valence-corrected chi connectivity index (χ0v) is 19.0. The van der Waals surface area contributed by atoms with Crippen molar-refractivity contribution < 1.29 is 19.2 Å². The lowest BCUT2D eigenvalue weighted by Gasteiger charge is -2.19. The van der Waals surface area contributed by atoms with E-state index in [1.165, 1.54) is 31.0 Å². The Balaban J connectivity index is 1.77. The minimum atomic E-state index is -0.513. The molecule has 0 spiro atoms. The van der Waals surface area contributed by atoms with Crippen molar-refractivity contribution in [3.8, 4) is 0 Å². The molecule has 0 bridgehead atoms. The van der Waals surface area contributed by atoms with Gasteiger partial charge in [-0.05, 0) is 43.5 Å². The number of hydrogen-bond donors (Lipinski definition) is 0. The predicted octanol–water partition coefficient (Wildman–Crippen LogP) is 4.12. The Morgan fingerprint density at radius 1 is 1.36 bits per heavy atom. The molecule has 10 heteroatoms. The lowest BCUT2D eigenvalue weighted by molar-refractivity contribution is -0.384. The van der Waals surface area contributed by atoms with Crippen molar-refractivity contribution in [3.63, 3.8) is 0 Å². The van der Waals surface area contributed by atoms with Gasteiger partial charge in [-0.15, -0.1) is 0 Å². The van der Waals surface area contributed by atoms with Gasteiger partial charge < -0.3 is 9.47 Å². The Labute approximate surface area is 193 Å². The summed E-state index contributed by atoms with van der Waals surface area (Å²) in [4.78, 5) is 40.8. The number of non-ortho nitro benzene ring substituents is 1. The van der Waals surface area contributed by atoms with Gasteiger partial charge in [-0.3, -0.25) is 19.5 Å². The molecule has 1 fully saturated rings. The number of hydrogen-bond acceptors (Lipinski definition) is 8. The van der Waals surface area contributed by atoms with Crippen LogP contribution in [0.1, 0.15) is 40.9 Å². The van der Waals surface area contributed by atoms with E-state index >= 15 is 0 Å². The molecule has 0 radical (unpaired) electrons. The topological polar surface area (TPSA) is 114 Å². The summed E-state index contributed by atoms with van der Waals surface area (Å²) >= 11 is 1.33. The fraction of sp³-hybridized carbons (Fsp3) is 0.348. The van der Waals surface area contributed by atoms with E-state index in [4.69, 9.17) is 14.5 Å². The van der Waals surface area contributed by atoms with Crippen LogP contribution in [0, 0.1) is 10.1 Å². The van der Waals surface area contributed by atoms with Gasteiger partial charge in [-0.25, -0.2) is 9.78 Å². The third-order valence-electron chi connectivity index (χ3n) is 5.58. The number of thioether (sulfide) groups is 1. The van der Waals surface area contributed by atoms with Crippen molar-refractivity contribution in [2.24, 2.45) is 0 Å². The number of nitro benzene ring substituents is 1. The minimum Gasteiger partial charge on any atom is -0.465 e. The van der Waals surface area contributed by atoms with Crippen LogP contribution < -0.4 is 5.56 Å². The molecule has 172 valence electrons. The zero-order chi connectivity index (χ0) is 23.5. The third kappa shape index (κ3) is 4.91. The second-order valence-corrected chi connectivity index (χ2v) is 9.09. The summed E-state index contributed by atoms with van der Waals surface area (Å²) in [6.45, 7) is 2.93. The first-order valence-corrected chi connectivity index (χ1v) is 11.4. The summed E-state index contributed by atoms with van der Waals surface area (Å²) in [5.41, 5.74) is 1.22. The summed E-state index contributed by atoms with van der Waals surface area (Å²) in [7, 11) is 1.29. The van der Waals surface area contributed by atoms with Gasteiger partial charge in [-0.1, -0.05) is 23.9 Å². The van der Waals surface area contributed by atoms with Crippen LogP contribution in [0.5, 0.6) is 0 Å². The van der Waals surface area contributed by atoms with Gasteiger partial charge in [-0.2, -0.15) is 0 Å². The molecule has 0 amide bonds. The molecular formula is C23H23N3O6S. The number of rotatable bonds is 7. The first kappa shape index (κ1) is 22.9. The molecule has 1 saturated heterocycles. The molecule has 1 aromatic heterocycles. The van der Waals surface area contributed by atoms with Crippen LogP contribution in [-0.4, -0.2) is 40.3 Å². The number of nitro groups is 1. The smallest absolute Gasteiger partial charge is 0.337 e. The molecule has 0 aliphatic carbocycles. The van der Waals surface area contributed by atoms with Crippen LogP contribution in [0.25, 0.3) is 10.9 Å². The Morgan fingerprint density at radius 2 is 2.18 bits per heavy atom. The van der Waals surface area contributed by atoms with Gasteiger partial charge in [0, 0.05) is 24.0 Å². The number of fused-ring (bicyclic) bond motifs is 1. The molecule has 2 aromatic carbocycles. The number of methoxy groups -OCH3 is 1. The Hall–Kier alpha value is -3.24. The molecule has 9 nitrogen and oxygen atoms in total. The first-order chi connectivity index (χ1) is 15.9. The number of aromatic nitrogens is 2. The minimum absolute atomic E-state index is 0.00545. The fourth-order valence-corrected chi connectivity index (χ4v) is 4.84. The standard InChI is InChI=1S/C23H23N3O6S/c1-14(15-5-3-6-17(11-15)26(29)30)33-23-24-20-12-16(22(28)31-2)8-9-19(20)21(27)25(23)13-18-7-4-10-32-18/h3,5-6,8-9,11-12,14,18H,4,7,10,13H2,1-2H3/t14-,18-/m0/s1. The van der Waals surface area contributed by atoms with Crippen molar-refractivity contribution in [3.05, 3.63) is 74.1 Å². The Kier molecular flexibility index (Phi) is 6.75. The summed E-state index contributed by atoms with van der Waals surface area (Å²) in [5, 5.41) is 11.8. The number of nitrogens with zero attached hydrogens (tertiary/aromatic N) is 3. The molecular weight excluding hydrogens is 446 g/mol. The van der Waals surface area contributed by atoms with Crippen LogP contribution in [0.4, 0.5) is 5.69 Å². The zero-order valence-electron chi connectivity index (χ0n) is 18.2. The highest BCUT2D eigenvalue weighted by molar-refractivity contribution is 7.99. The highest BCUT2D eigenvalue weighted by atomic mass is 32.2. The number of carbonyl (C=O) groups excluding carboxylic acids is 1. The largest absolute Gasteiger partial charge is 0.465 e. The number of esters is 1. The van der Waals surface area contributed by atoms with Crippen molar-refractivity contribution in [1.29, 1.82) is 0 Å². The summed E-state index contributed by atoms with van der Waals surface area (Å²) in [6, 6.07) is 11.1. The fourth-order valence-electron chi connectivity index (χ4n) is 3.81. The highest BCUT2D eigenvalue weighted by Crippen LogP contribution is 2.35. The SMILES string of the molecule is COC(=O)c1ccc2c(=O)n(C[C@@H]3CCCO3)c(S[C@@H](C)c3cccc([N+](=O)[O-])c3)nc2c1. The maximum atomic E-state index is 13.4. The molecule has 0 saturated carbocycles. The molecule has 1 aliphatic heterocycles. The van der Waals surface area contributed by atoms with Crippen LogP contribution in [-0.2, 0) is 16.0 Å². The van der Waals surface area contributed by atoms with Gasteiger partial charge in [0.15, 0.2) is 5.16 Å². The maximum absolute atomic E-state index is 13.4. The monoisotopic (exact) mass is 469 g/mol. The molecule has 3 aromatic rings. The molecule has 0 unspecified atom stereocenters. The van der Waals surface area contributed by atoms with Gasteiger partial charge in [0.25, 0.3) is 11.2 Å². The summed E-state index contributed by atoms with van der Waals surface area (Å²) in [6.07, 6.45) is 1.72. The molecule has 2 heterocycles. The van der Waals surface area contributed by atoms with Gasteiger partial charge in [0.1, 0.15) is 0 Å². The summed E-state index contributed by atoms with van der Waals surface area (Å²) in [5.74, 6) is -0.513. The lowest BCUT2D eigenvalue weighted by Crippen LogP contribution is -2.29. The van der Waals surface area contributed by atoms with Crippen molar-refractivity contribution in [1.82, 2.24) is 9.55 Å². The van der Waals surface area contributed by atoms with Gasteiger partial charge in [0.2, 0.25) is 0 Å². The summed E-state index contributed by atoms with van der Waals surface area (Å²) < 4.78 is 12.1. The molecule has 4 rings (SSSR count). The molecule has 2 atom stereocenters. The lowest BCUT2D eigenvalue weighted by atomic mass is 10.1. The molecule has 33 heavy (non-hydrogen) atoms.